The first-order valence-electron chi connectivity index (χ1n) is 6.92. The smallest absolute Gasteiger partial charge is 0.272 e. The Hall–Kier alpha value is -3.42. The number of rotatable bonds is 7. The van der Waals surface area contributed by atoms with Gasteiger partial charge in [-0.3, -0.25) is 14.6 Å². The van der Waals surface area contributed by atoms with E-state index in [-0.39, 0.29) is 12.5 Å². The summed E-state index contributed by atoms with van der Waals surface area (Å²) in [7, 11) is 1.47. The number of benzene rings is 1. The number of pyridine rings is 1. The minimum Gasteiger partial charge on any atom is -0.493 e. The summed E-state index contributed by atoms with van der Waals surface area (Å²) < 4.78 is 10.4. The number of nitrogens with two attached hydrogens (primary N) is 1. The third kappa shape index (κ3) is 4.80. The predicted molar refractivity (Wildman–Crippen MR) is 87.0 cm³/mol. The molecule has 1 aromatic heterocycles. The van der Waals surface area contributed by atoms with Crippen LogP contribution in [0.5, 0.6) is 11.5 Å². The molecule has 124 valence electrons. The summed E-state index contributed by atoms with van der Waals surface area (Å²) in [6, 6.07) is 8.25. The fraction of sp³-hybridized carbons (Fsp3) is 0.125. The Kier molecular flexibility index (Phi) is 5.84. The maximum Gasteiger partial charge on any atom is 0.272 e. The second-order valence-corrected chi connectivity index (χ2v) is 4.61. The van der Waals surface area contributed by atoms with E-state index in [1.54, 1.807) is 36.5 Å². The molecule has 0 bridgehead atoms. The molecule has 0 aliphatic carbocycles. The number of nitrogens with zero attached hydrogens (tertiary/aromatic N) is 2. The molecule has 2 amide bonds. The van der Waals surface area contributed by atoms with Gasteiger partial charge in [0, 0.05) is 12.4 Å². The normalized spacial score (nSPS) is 10.4. The topological polar surface area (TPSA) is 116 Å². The molecule has 2 aromatic rings. The van der Waals surface area contributed by atoms with E-state index in [9.17, 15) is 9.59 Å². The molecule has 2 rings (SSSR count). The van der Waals surface area contributed by atoms with Gasteiger partial charge in [-0.25, -0.2) is 5.43 Å². The Morgan fingerprint density at radius 2 is 2.17 bits per heavy atom. The molecular formula is C16H16N4O4. The number of nitrogens with one attached hydrogen (secondary N) is 1. The molecule has 1 aromatic carbocycles. The number of methoxy groups -OCH3 is 1. The van der Waals surface area contributed by atoms with Gasteiger partial charge in [-0.15, -0.1) is 0 Å². The van der Waals surface area contributed by atoms with Gasteiger partial charge < -0.3 is 15.2 Å². The summed E-state index contributed by atoms with van der Waals surface area (Å²) in [6.07, 6.45) is 4.47. The highest BCUT2D eigenvalue weighted by Crippen LogP contribution is 2.27. The van der Waals surface area contributed by atoms with E-state index in [0.29, 0.717) is 22.6 Å². The SMILES string of the molecule is COc1cc(/C=N\NC(=O)c2cccnc2)ccc1OCC(N)=O. The summed E-state index contributed by atoms with van der Waals surface area (Å²) >= 11 is 0. The Labute approximate surface area is 138 Å². The summed E-state index contributed by atoms with van der Waals surface area (Å²) in [5.74, 6) is -0.153. The molecule has 0 aliphatic heterocycles. The highest BCUT2D eigenvalue weighted by molar-refractivity contribution is 5.94. The number of carbonyl (C=O) groups is 2. The highest BCUT2D eigenvalue weighted by Gasteiger charge is 2.07. The van der Waals surface area contributed by atoms with Gasteiger partial charge in [0.2, 0.25) is 0 Å². The molecule has 3 N–H and O–H groups in total. The van der Waals surface area contributed by atoms with Crippen LogP contribution in [0.3, 0.4) is 0 Å². The van der Waals surface area contributed by atoms with E-state index in [1.807, 2.05) is 0 Å². The lowest BCUT2D eigenvalue weighted by atomic mass is 10.2. The average Bonchev–Trinajstić information content (AvgIpc) is 2.61. The number of aromatic nitrogens is 1. The molecule has 8 heteroatoms. The van der Waals surface area contributed by atoms with Crippen LogP contribution in [0.4, 0.5) is 0 Å². The summed E-state index contributed by atoms with van der Waals surface area (Å²) in [6.45, 7) is -0.245. The van der Waals surface area contributed by atoms with Crippen molar-refractivity contribution >= 4 is 18.0 Å². The predicted octanol–water partition coefficient (Wildman–Crippen LogP) is 0.718. The summed E-state index contributed by atoms with van der Waals surface area (Å²) in [5, 5.41) is 3.87. The Morgan fingerprint density at radius 1 is 1.33 bits per heavy atom. The van der Waals surface area contributed by atoms with Crippen molar-refractivity contribution in [1.82, 2.24) is 10.4 Å². The summed E-state index contributed by atoms with van der Waals surface area (Å²) in [4.78, 5) is 26.4. The number of hydrogen-bond donors (Lipinski definition) is 2. The standard InChI is InChI=1S/C16H16N4O4/c1-23-14-7-11(4-5-13(14)24-10-15(17)21)8-19-20-16(22)12-3-2-6-18-9-12/h2-9H,10H2,1H3,(H2,17,21)(H,20,22)/b19-8-. The largest absolute Gasteiger partial charge is 0.493 e. The molecule has 8 nitrogen and oxygen atoms in total. The van der Waals surface area contributed by atoms with Gasteiger partial charge in [0.25, 0.3) is 11.8 Å². The molecule has 0 aliphatic rings. The van der Waals surface area contributed by atoms with Crippen LogP contribution >= 0.6 is 0 Å². The van der Waals surface area contributed by atoms with Crippen molar-refractivity contribution in [3.63, 3.8) is 0 Å². The van der Waals surface area contributed by atoms with Crippen LogP contribution in [0.15, 0.2) is 47.8 Å². The van der Waals surface area contributed by atoms with Crippen molar-refractivity contribution in [2.75, 3.05) is 13.7 Å². The maximum absolute atomic E-state index is 11.8. The van der Waals surface area contributed by atoms with Crippen LogP contribution in [0, 0.1) is 0 Å². The first-order chi connectivity index (χ1) is 11.6. The quantitative estimate of drug-likeness (QED) is 0.574. The highest BCUT2D eigenvalue weighted by atomic mass is 16.5. The zero-order chi connectivity index (χ0) is 17.4. The van der Waals surface area contributed by atoms with Crippen molar-refractivity contribution in [3.05, 3.63) is 53.9 Å². The van der Waals surface area contributed by atoms with Crippen molar-refractivity contribution in [2.45, 2.75) is 0 Å². The first kappa shape index (κ1) is 16.9. The molecule has 0 fully saturated rings. The molecule has 0 radical (unpaired) electrons. The lowest BCUT2D eigenvalue weighted by Gasteiger charge is -2.09. The zero-order valence-electron chi connectivity index (χ0n) is 12.9. The fourth-order valence-electron chi connectivity index (χ4n) is 1.76. The van der Waals surface area contributed by atoms with Gasteiger partial charge in [0.05, 0.1) is 18.9 Å². The number of primary amides is 1. The maximum atomic E-state index is 11.8. The number of hydrazone groups is 1. The van der Waals surface area contributed by atoms with Gasteiger partial charge in [-0.1, -0.05) is 0 Å². The van der Waals surface area contributed by atoms with Gasteiger partial charge >= 0.3 is 0 Å². The zero-order valence-corrected chi connectivity index (χ0v) is 12.9. The van der Waals surface area contributed by atoms with Crippen molar-refractivity contribution < 1.29 is 19.1 Å². The Bertz CT molecular complexity index is 747. The summed E-state index contributed by atoms with van der Waals surface area (Å²) in [5.41, 5.74) is 8.51. The second kappa shape index (κ2) is 8.28. The van der Waals surface area contributed by atoms with Crippen LogP contribution < -0.4 is 20.6 Å². The van der Waals surface area contributed by atoms with Crippen LogP contribution in [0.1, 0.15) is 15.9 Å². The molecule has 0 atom stereocenters. The third-order valence-corrected chi connectivity index (χ3v) is 2.86. The number of hydrogen-bond acceptors (Lipinski definition) is 6. The monoisotopic (exact) mass is 328 g/mol. The average molecular weight is 328 g/mol. The molecule has 1 heterocycles. The van der Waals surface area contributed by atoms with Crippen LogP contribution in [0.25, 0.3) is 0 Å². The number of ether oxygens (including phenoxy) is 2. The van der Waals surface area contributed by atoms with Gasteiger partial charge in [0.1, 0.15) is 0 Å². The van der Waals surface area contributed by atoms with E-state index in [0.717, 1.165) is 0 Å². The van der Waals surface area contributed by atoms with Gasteiger partial charge in [0.15, 0.2) is 18.1 Å². The second-order valence-electron chi connectivity index (χ2n) is 4.61. The van der Waals surface area contributed by atoms with E-state index in [1.165, 1.54) is 19.5 Å². The molecule has 0 saturated carbocycles. The number of amides is 2. The molecule has 0 unspecified atom stereocenters. The molecule has 0 spiro atoms. The minimum absolute atomic E-state index is 0.245. The van der Waals surface area contributed by atoms with E-state index < -0.39 is 5.91 Å². The Balaban J connectivity index is 2.01. The van der Waals surface area contributed by atoms with Crippen molar-refractivity contribution in [1.29, 1.82) is 0 Å². The molecule has 24 heavy (non-hydrogen) atoms. The van der Waals surface area contributed by atoms with Crippen molar-refractivity contribution in [3.8, 4) is 11.5 Å². The lowest BCUT2D eigenvalue weighted by molar-refractivity contribution is -0.119. The Morgan fingerprint density at radius 3 is 2.83 bits per heavy atom. The molecular weight excluding hydrogens is 312 g/mol. The van der Waals surface area contributed by atoms with Gasteiger partial charge in [-0.05, 0) is 35.9 Å². The number of carbonyl (C=O) groups excluding carboxylic acids is 2. The molecule has 0 saturated heterocycles. The third-order valence-electron chi connectivity index (χ3n) is 2.86. The van der Waals surface area contributed by atoms with Gasteiger partial charge in [-0.2, -0.15) is 5.10 Å². The van der Waals surface area contributed by atoms with Crippen molar-refractivity contribution in [2.24, 2.45) is 10.8 Å². The first-order valence-corrected chi connectivity index (χ1v) is 6.92. The minimum atomic E-state index is -0.583. The van der Waals surface area contributed by atoms with Crippen LogP contribution in [-0.4, -0.2) is 36.7 Å². The van der Waals surface area contributed by atoms with Crippen LogP contribution in [-0.2, 0) is 4.79 Å². The van der Waals surface area contributed by atoms with Crippen LogP contribution in [0.2, 0.25) is 0 Å². The van der Waals surface area contributed by atoms with E-state index >= 15 is 0 Å². The lowest BCUT2D eigenvalue weighted by Crippen LogP contribution is -2.20. The van der Waals surface area contributed by atoms with E-state index in [4.69, 9.17) is 15.2 Å². The van der Waals surface area contributed by atoms with E-state index in [2.05, 4.69) is 15.5 Å². The fourth-order valence-corrected chi connectivity index (χ4v) is 1.76.